The summed E-state index contributed by atoms with van der Waals surface area (Å²) in [6, 6.07) is 4.08. The van der Waals surface area contributed by atoms with Crippen molar-refractivity contribution in [2.24, 2.45) is 5.92 Å². The molecule has 0 aliphatic carbocycles. The molecule has 1 aliphatic heterocycles. The van der Waals surface area contributed by atoms with Gasteiger partial charge in [0.1, 0.15) is 5.82 Å². The van der Waals surface area contributed by atoms with E-state index in [-0.39, 0.29) is 5.91 Å². The van der Waals surface area contributed by atoms with Crippen LogP contribution in [0.25, 0.3) is 0 Å². The number of rotatable bonds is 3. The quantitative estimate of drug-likeness (QED) is 0.804. The highest BCUT2D eigenvalue weighted by Gasteiger charge is 2.31. The van der Waals surface area contributed by atoms with Gasteiger partial charge >= 0.3 is 0 Å². The minimum atomic E-state index is 0.197. The molecular weight excluding hydrogens is 280 g/mol. The molecular formula is C13H17BrN2O. The van der Waals surface area contributed by atoms with E-state index >= 15 is 0 Å². The monoisotopic (exact) mass is 296 g/mol. The van der Waals surface area contributed by atoms with E-state index in [9.17, 15) is 4.79 Å². The first-order chi connectivity index (χ1) is 8.15. The molecule has 2 heterocycles. The van der Waals surface area contributed by atoms with Crippen LogP contribution in [0, 0.1) is 12.8 Å². The van der Waals surface area contributed by atoms with Gasteiger partial charge in [0.25, 0.3) is 0 Å². The van der Waals surface area contributed by atoms with Crippen molar-refractivity contribution in [1.29, 1.82) is 0 Å². The molecule has 92 valence electrons. The molecule has 3 nitrogen and oxygen atoms in total. The topological polar surface area (TPSA) is 33.2 Å². The maximum Gasteiger partial charge on any atom is 0.228 e. The molecule has 1 aromatic rings. The third kappa shape index (κ3) is 2.51. The second-order valence-corrected chi connectivity index (χ2v) is 5.17. The molecule has 0 saturated carbocycles. The molecule has 1 atom stereocenters. The zero-order valence-electron chi connectivity index (χ0n) is 10.2. The lowest BCUT2D eigenvalue weighted by atomic mass is 10.1. The van der Waals surface area contributed by atoms with Crippen LogP contribution in [-0.4, -0.2) is 22.8 Å². The molecule has 1 aliphatic rings. The first kappa shape index (κ1) is 12.6. The highest BCUT2D eigenvalue weighted by Crippen LogP contribution is 2.27. The summed E-state index contributed by atoms with van der Waals surface area (Å²) in [6.07, 6.45) is 1.54. The summed E-state index contributed by atoms with van der Waals surface area (Å²) in [4.78, 5) is 18.4. The Kier molecular flexibility index (Phi) is 3.82. The van der Waals surface area contributed by atoms with Crippen molar-refractivity contribution in [3.05, 3.63) is 23.4 Å². The van der Waals surface area contributed by atoms with E-state index in [1.54, 1.807) is 0 Å². The number of pyridine rings is 1. The lowest BCUT2D eigenvalue weighted by Gasteiger charge is -2.19. The van der Waals surface area contributed by atoms with Crippen LogP contribution in [0.15, 0.2) is 12.1 Å². The zero-order valence-corrected chi connectivity index (χ0v) is 11.8. The van der Waals surface area contributed by atoms with Crippen LogP contribution in [-0.2, 0) is 11.2 Å². The van der Waals surface area contributed by atoms with Gasteiger partial charge in [0.15, 0.2) is 0 Å². The first-order valence-corrected chi connectivity index (χ1v) is 7.10. The number of amides is 1. The minimum absolute atomic E-state index is 0.197. The second-order valence-electron chi connectivity index (χ2n) is 4.52. The summed E-state index contributed by atoms with van der Waals surface area (Å²) in [5.41, 5.74) is 2.12. The second kappa shape index (κ2) is 5.17. The van der Waals surface area contributed by atoms with E-state index in [2.05, 4.69) is 33.9 Å². The van der Waals surface area contributed by atoms with Gasteiger partial charge < -0.3 is 0 Å². The lowest BCUT2D eigenvalue weighted by Crippen LogP contribution is -2.27. The third-order valence-corrected chi connectivity index (χ3v) is 4.07. The van der Waals surface area contributed by atoms with E-state index < -0.39 is 0 Å². The van der Waals surface area contributed by atoms with Gasteiger partial charge in [-0.3, -0.25) is 9.69 Å². The molecule has 4 heteroatoms. The van der Waals surface area contributed by atoms with Crippen LogP contribution in [0.1, 0.15) is 24.6 Å². The molecule has 0 aromatic carbocycles. The lowest BCUT2D eigenvalue weighted by molar-refractivity contribution is -0.117. The molecule has 2 rings (SSSR count). The molecule has 1 aromatic heterocycles. The smallest absolute Gasteiger partial charge is 0.228 e. The third-order valence-electron chi connectivity index (χ3n) is 3.16. The summed E-state index contributed by atoms with van der Waals surface area (Å²) < 4.78 is 0. The number of aryl methyl sites for hydroxylation is 2. The van der Waals surface area contributed by atoms with E-state index in [1.807, 2.05) is 17.9 Å². The average molecular weight is 297 g/mol. The fraction of sp³-hybridized carbons (Fsp3) is 0.538. The van der Waals surface area contributed by atoms with Crippen LogP contribution < -0.4 is 4.90 Å². The van der Waals surface area contributed by atoms with Crippen LogP contribution in [0.4, 0.5) is 5.82 Å². The highest BCUT2D eigenvalue weighted by molar-refractivity contribution is 9.09. The molecule has 1 saturated heterocycles. The van der Waals surface area contributed by atoms with E-state index in [1.165, 1.54) is 0 Å². The number of anilines is 1. The van der Waals surface area contributed by atoms with Gasteiger partial charge in [-0.05, 0) is 30.9 Å². The molecule has 17 heavy (non-hydrogen) atoms. The van der Waals surface area contributed by atoms with Gasteiger partial charge in [0.2, 0.25) is 5.91 Å². The number of carbonyl (C=O) groups is 1. The van der Waals surface area contributed by atoms with Crippen molar-refractivity contribution in [2.75, 3.05) is 16.8 Å². The van der Waals surface area contributed by atoms with Gasteiger partial charge in [-0.15, -0.1) is 0 Å². The number of hydrogen-bond donors (Lipinski definition) is 0. The SMILES string of the molecule is CCc1ccc(C)nc1N1CC(CBr)CC1=O. The number of halogens is 1. The first-order valence-electron chi connectivity index (χ1n) is 5.98. The standard InChI is InChI=1S/C13H17BrN2O/c1-3-11-5-4-9(2)15-13(11)16-8-10(7-14)6-12(16)17/h4-5,10H,3,6-8H2,1-2H3. The van der Waals surface area contributed by atoms with Crippen LogP contribution in [0.2, 0.25) is 0 Å². The highest BCUT2D eigenvalue weighted by atomic mass is 79.9. The summed E-state index contributed by atoms with van der Waals surface area (Å²) >= 11 is 3.45. The fourth-order valence-corrected chi connectivity index (χ4v) is 2.60. The maximum atomic E-state index is 12.0. The Morgan fingerprint density at radius 1 is 1.53 bits per heavy atom. The maximum absolute atomic E-state index is 12.0. The number of nitrogens with zero attached hydrogens (tertiary/aromatic N) is 2. The predicted molar refractivity (Wildman–Crippen MR) is 72.6 cm³/mol. The molecule has 0 spiro atoms. The number of alkyl halides is 1. The number of hydrogen-bond acceptors (Lipinski definition) is 2. The van der Waals surface area contributed by atoms with Crippen LogP contribution in [0.5, 0.6) is 0 Å². The number of carbonyl (C=O) groups excluding carboxylic acids is 1. The van der Waals surface area contributed by atoms with Gasteiger partial charge in [0.05, 0.1) is 0 Å². The van der Waals surface area contributed by atoms with Gasteiger partial charge in [-0.2, -0.15) is 0 Å². The molecule has 0 N–H and O–H groups in total. The fourth-order valence-electron chi connectivity index (χ4n) is 2.17. The van der Waals surface area contributed by atoms with E-state index in [0.717, 1.165) is 35.4 Å². The average Bonchev–Trinajstić information content (AvgIpc) is 2.70. The van der Waals surface area contributed by atoms with E-state index in [0.29, 0.717) is 12.3 Å². The minimum Gasteiger partial charge on any atom is -0.296 e. The molecule has 1 unspecified atom stereocenters. The predicted octanol–water partition coefficient (Wildman–Crippen LogP) is 2.70. The van der Waals surface area contributed by atoms with Gasteiger partial charge in [-0.25, -0.2) is 4.98 Å². The Morgan fingerprint density at radius 3 is 2.88 bits per heavy atom. The van der Waals surface area contributed by atoms with Crippen LogP contribution in [0.3, 0.4) is 0 Å². The largest absolute Gasteiger partial charge is 0.296 e. The van der Waals surface area contributed by atoms with Gasteiger partial charge in [0, 0.05) is 24.0 Å². The summed E-state index contributed by atoms with van der Waals surface area (Å²) in [6.45, 7) is 4.84. The number of aromatic nitrogens is 1. The van der Waals surface area contributed by atoms with Gasteiger partial charge in [-0.1, -0.05) is 28.9 Å². The van der Waals surface area contributed by atoms with Crippen molar-refractivity contribution in [2.45, 2.75) is 26.7 Å². The molecule has 1 fully saturated rings. The summed E-state index contributed by atoms with van der Waals surface area (Å²) in [7, 11) is 0. The van der Waals surface area contributed by atoms with E-state index in [4.69, 9.17) is 0 Å². The summed E-state index contributed by atoms with van der Waals surface area (Å²) in [5.74, 6) is 1.47. The van der Waals surface area contributed by atoms with Crippen molar-refractivity contribution >= 4 is 27.7 Å². The molecule has 0 radical (unpaired) electrons. The Bertz CT molecular complexity index is 433. The summed E-state index contributed by atoms with van der Waals surface area (Å²) in [5, 5.41) is 0.877. The Balaban J connectivity index is 2.33. The van der Waals surface area contributed by atoms with Crippen molar-refractivity contribution in [3.8, 4) is 0 Å². The van der Waals surface area contributed by atoms with Crippen molar-refractivity contribution in [3.63, 3.8) is 0 Å². The molecule has 0 bridgehead atoms. The normalized spacial score (nSPS) is 20.1. The Hall–Kier alpha value is -0.900. The Labute approximate surface area is 110 Å². The zero-order chi connectivity index (χ0) is 12.4. The van der Waals surface area contributed by atoms with Crippen molar-refractivity contribution in [1.82, 2.24) is 4.98 Å². The Morgan fingerprint density at radius 2 is 2.29 bits per heavy atom. The molecule has 1 amide bonds. The van der Waals surface area contributed by atoms with Crippen LogP contribution >= 0.6 is 15.9 Å². The van der Waals surface area contributed by atoms with Crippen molar-refractivity contribution < 1.29 is 4.79 Å².